The minimum atomic E-state index is -0.578. The van der Waals surface area contributed by atoms with E-state index in [1.165, 1.54) is 7.11 Å². The molecule has 3 aromatic rings. The van der Waals surface area contributed by atoms with Crippen molar-refractivity contribution in [1.82, 2.24) is 4.90 Å². The predicted molar refractivity (Wildman–Crippen MR) is 138 cm³/mol. The second-order valence-electron chi connectivity index (χ2n) is 7.87. The molecule has 0 aliphatic carbocycles. The van der Waals surface area contributed by atoms with E-state index in [4.69, 9.17) is 42.1 Å². The average molecular weight is 558 g/mol. The third kappa shape index (κ3) is 5.24. The fraction of sp³-hybridized carbons (Fsp3) is 0.115. The fourth-order valence-electron chi connectivity index (χ4n) is 3.64. The molecule has 2 heterocycles. The maximum Gasteiger partial charge on any atom is 0.343 e. The maximum atomic E-state index is 13.0. The number of esters is 1. The molecule has 2 amide bonds. The van der Waals surface area contributed by atoms with Gasteiger partial charge in [0.2, 0.25) is 6.79 Å². The lowest BCUT2D eigenvalue weighted by Crippen LogP contribution is -2.27. The van der Waals surface area contributed by atoms with E-state index in [9.17, 15) is 14.4 Å². The molecule has 1 saturated heterocycles. The zero-order chi connectivity index (χ0) is 26.1. The molecule has 1 fully saturated rings. The van der Waals surface area contributed by atoms with Crippen molar-refractivity contribution in [2.24, 2.45) is 0 Å². The number of nitrogens with zero attached hydrogens (tertiary/aromatic N) is 1. The van der Waals surface area contributed by atoms with Gasteiger partial charge in [-0.15, -0.1) is 0 Å². The lowest BCUT2D eigenvalue weighted by Gasteiger charge is -2.14. The molecular formula is C26H17Cl2NO7S. The van der Waals surface area contributed by atoms with Crippen LogP contribution in [-0.2, 0) is 11.3 Å². The summed E-state index contributed by atoms with van der Waals surface area (Å²) in [6.45, 7) is 0.0718. The highest BCUT2D eigenvalue weighted by Crippen LogP contribution is 2.40. The molecule has 37 heavy (non-hydrogen) atoms. The molecule has 3 aromatic carbocycles. The van der Waals surface area contributed by atoms with Crippen LogP contribution < -0.4 is 18.9 Å². The summed E-state index contributed by atoms with van der Waals surface area (Å²) < 4.78 is 21.5. The number of hydrogen-bond acceptors (Lipinski definition) is 8. The molecule has 0 N–H and O–H groups in total. The Balaban J connectivity index is 1.33. The van der Waals surface area contributed by atoms with Crippen molar-refractivity contribution in [3.63, 3.8) is 0 Å². The molecule has 0 aromatic heterocycles. The Morgan fingerprint density at radius 2 is 1.76 bits per heavy atom. The third-order valence-corrected chi connectivity index (χ3v) is 7.02. The highest BCUT2D eigenvalue weighted by molar-refractivity contribution is 8.18. The average Bonchev–Trinajstić information content (AvgIpc) is 3.44. The second kappa shape index (κ2) is 10.4. The van der Waals surface area contributed by atoms with Gasteiger partial charge in [0.15, 0.2) is 23.0 Å². The number of imide groups is 1. The Hall–Kier alpha value is -3.66. The van der Waals surface area contributed by atoms with Gasteiger partial charge in [-0.1, -0.05) is 29.3 Å². The molecule has 2 aliphatic heterocycles. The number of fused-ring (bicyclic) bond motifs is 1. The molecule has 0 spiro atoms. The Bertz CT molecular complexity index is 1460. The van der Waals surface area contributed by atoms with Gasteiger partial charge >= 0.3 is 5.97 Å². The van der Waals surface area contributed by atoms with Crippen LogP contribution in [0.5, 0.6) is 23.0 Å². The number of amides is 2. The standard InChI is InChI=1S/C26H17Cl2NO7S/c1-33-20-8-14(2-7-19(20)36-25(31)15-3-5-17(27)6-4-15)9-23-24(30)29(26(32)37-23)12-16-10-21-22(11-18(16)28)35-13-34-21/h2-11H,12-13H2,1H3/b23-9-. The molecule has 0 saturated carbocycles. The number of ether oxygens (including phenoxy) is 4. The lowest BCUT2D eigenvalue weighted by molar-refractivity contribution is -0.123. The summed E-state index contributed by atoms with van der Waals surface area (Å²) in [4.78, 5) is 39.5. The number of methoxy groups -OCH3 is 1. The van der Waals surface area contributed by atoms with E-state index in [1.54, 1.807) is 60.7 Å². The number of rotatable bonds is 6. The Kier molecular flexibility index (Phi) is 7.01. The van der Waals surface area contributed by atoms with E-state index in [2.05, 4.69) is 0 Å². The summed E-state index contributed by atoms with van der Waals surface area (Å²) >= 11 is 13.0. The molecule has 5 rings (SSSR count). The molecule has 8 nitrogen and oxygen atoms in total. The number of halogens is 2. The SMILES string of the molecule is COc1cc(/C=C2\SC(=O)N(Cc3cc4c(cc3Cl)OCO4)C2=O)ccc1OC(=O)c1ccc(Cl)cc1. The normalized spacial score (nSPS) is 15.4. The van der Waals surface area contributed by atoms with Crippen LogP contribution >= 0.6 is 35.0 Å². The molecule has 0 bridgehead atoms. The summed E-state index contributed by atoms with van der Waals surface area (Å²) in [6.07, 6.45) is 1.57. The number of thioether (sulfide) groups is 1. The Morgan fingerprint density at radius 3 is 2.49 bits per heavy atom. The van der Waals surface area contributed by atoms with Gasteiger partial charge in [0.1, 0.15) is 0 Å². The summed E-state index contributed by atoms with van der Waals surface area (Å²) in [7, 11) is 1.43. The van der Waals surface area contributed by atoms with Gasteiger partial charge in [0.25, 0.3) is 11.1 Å². The van der Waals surface area contributed by atoms with Gasteiger partial charge < -0.3 is 18.9 Å². The first kappa shape index (κ1) is 25.0. The van der Waals surface area contributed by atoms with Crippen molar-refractivity contribution in [3.05, 3.63) is 86.2 Å². The first-order valence-corrected chi connectivity index (χ1v) is 12.4. The van der Waals surface area contributed by atoms with Gasteiger partial charge in [-0.25, -0.2) is 4.79 Å². The maximum absolute atomic E-state index is 13.0. The quantitative estimate of drug-likeness (QED) is 0.201. The van der Waals surface area contributed by atoms with Crippen LogP contribution in [0.15, 0.2) is 59.5 Å². The number of carbonyl (C=O) groups excluding carboxylic acids is 3. The van der Waals surface area contributed by atoms with Crippen LogP contribution in [0.1, 0.15) is 21.5 Å². The van der Waals surface area contributed by atoms with Crippen molar-refractivity contribution in [3.8, 4) is 23.0 Å². The van der Waals surface area contributed by atoms with Crippen LogP contribution in [0.2, 0.25) is 10.0 Å². The van der Waals surface area contributed by atoms with Gasteiger partial charge in [-0.3, -0.25) is 14.5 Å². The van der Waals surface area contributed by atoms with E-state index in [1.807, 2.05) is 0 Å². The van der Waals surface area contributed by atoms with E-state index >= 15 is 0 Å². The predicted octanol–water partition coefficient (Wildman–Crippen LogP) is 6.19. The summed E-state index contributed by atoms with van der Waals surface area (Å²) in [6, 6.07) is 14.3. The van der Waals surface area contributed by atoms with Gasteiger partial charge in [0.05, 0.1) is 24.1 Å². The topological polar surface area (TPSA) is 91.4 Å². The van der Waals surface area contributed by atoms with Crippen molar-refractivity contribution in [2.75, 3.05) is 13.9 Å². The number of benzene rings is 3. The smallest absolute Gasteiger partial charge is 0.343 e. The Morgan fingerprint density at radius 1 is 1.03 bits per heavy atom. The van der Waals surface area contributed by atoms with Crippen molar-refractivity contribution >= 4 is 58.2 Å². The molecule has 11 heteroatoms. The largest absolute Gasteiger partial charge is 0.493 e. The zero-order valence-electron chi connectivity index (χ0n) is 19.2. The van der Waals surface area contributed by atoms with Crippen molar-refractivity contribution < 1.29 is 33.3 Å². The van der Waals surface area contributed by atoms with Crippen LogP contribution in [-0.4, -0.2) is 35.9 Å². The van der Waals surface area contributed by atoms with Crippen LogP contribution in [0.25, 0.3) is 6.08 Å². The number of carbonyl (C=O) groups is 3. The summed E-state index contributed by atoms with van der Waals surface area (Å²) in [5, 5.41) is 0.438. The molecular weight excluding hydrogens is 541 g/mol. The minimum Gasteiger partial charge on any atom is -0.493 e. The van der Waals surface area contributed by atoms with E-state index in [0.717, 1.165) is 16.7 Å². The van der Waals surface area contributed by atoms with Gasteiger partial charge in [-0.05, 0) is 71.4 Å². The molecule has 0 atom stereocenters. The molecule has 0 unspecified atom stereocenters. The van der Waals surface area contributed by atoms with E-state index < -0.39 is 17.1 Å². The Labute approximate surface area is 225 Å². The number of hydrogen-bond donors (Lipinski definition) is 0. The molecule has 2 aliphatic rings. The summed E-state index contributed by atoms with van der Waals surface area (Å²) in [5.74, 6) is 0.462. The minimum absolute atomic E-state index is 0.0135. The van der Waals surface area contributed by atoms with Crippen LogP contribution in [0, 0.1) is 0 Å². The first-order chi connectivity index (χ1) is 17.8. The highest BCUT2D eigenvalue weighted by atomic mass is 35.5. The fourth-order valence-corrected chi connectivity index (χ4v) is 4.82. The van der Waals surface area contributed by atoms with E-state index in [-0.39, 0.29) is 29.7 Å². The first-order valence-electron chi connectivity index (χ1n) is 10.8. The van der Waals surface area contributed by atoms with Crippen LogP contribution in [0.3, 0.4) is 0 Å². The van der Waals surface area contributed by atoms with Crippen molar-refractivity contribution in [2.45, 2.75) is 6.54 Å². The summed E-state index contributed by atoms with van der Waals surface area (Å²) in [5.41, 5.74) is 1.46. The van der Waals surface area contributed by atoms with Crippen molar-refractivity contribution in [1.29, 1.82) is 0 Å². The molecule has 0 radical (unpaired) electrons. The van der Waals surface area contributed by atoms with Gasteiger partial charge in [0, 0.05) is 16.1 Å². The van der Waals surface area contributed by atoms with E-state index in [0.29, 0.717) is 38.2 Å². The van der Waals surface area contributed by atoms with Crippen LogP contribution in [0.4, 0.5) is 4.79 Å². The monoisotopic (exact) mass is 557 g/mol. The third-order valence-electron chi connectivity index (χ3n) is 5.51. The van der Waals surface area contributed by atoms with Gasteiger partial charge in [-0.2, -0.15) is 0 Å². The second-order valence-corrected chi connectivity index (χ2v) is 9.71. The molecule has 188 valence electrons. The lowest BCUT2D eigenvalue weighted by atomic mass is 10.1. The highest BCUT2D eigenvalue weighted by Gasteiger charge is 2.36. The zero-order valence-corrected chi connectivity index (χ0v) is 21.5.